The maximum atomic E-state index is 10.9. The molecule has 2 heterocycles. The second kappa shape index (κ2) is 41.7. The van der Waals surface area contributed by atoms with Crippen molar-refractivity contribution < 1.29 is 48.8 Å². The minimum atomic E-state index is -0.962. The van der Waals surface area contributed by atoms with Crippen molar-refractivity contribution in [3.63, 3.8) is 0 Å². The first-order valence-electron chi connectivity index (χ1n) is 29.5. The number of rotatable bonds is 40. The molecule has 4 aliphatic rings. The fourth-order valence-corrected chi connectivity index (χ4v) is 12.5. The molecule has 0 amide bonds. The molecule has 8 unspecified atom stereocenters. The average molecular weight is 1230 g/mol. The zero-order valence-electron chi connectivity index (χ0n) is 47.6. The molecular formula is C51H104N16O10S4. The number of aliphatic hydroxyl groups is 4. The van der Waals surface area contributed by atoms with E-state index in [1.54, 1.807) is 0 Å². The maximum absolute atomic E-state index is 10.9. The smallest absolute Gasteiger partial charge is 0.173 e. The van der Waals surface area contributed by atoms with Crippen LogP contribution in [0, 0.1) is 0 Å². The summed E-state index contributed by atoms with van der Waals surface area (Å²) in [5, 5.41) is 60.7. The fourth-order valence-electron chi connectivity index (χ4n) is 10.4. The largest absolute Gasteiger partial charge is 0.390 e. The van der Waals surface area contributed by atoms with E-state index in [-0.39, 0.29) is 25.9 Å². The van der Waals surface area contributed by atoms with Gasteiger partial charge < -0.3 is 121 Å². The number of thiocarbonyl (C=S) groups is 2. The highest BCUT2D eigenvalue weighted by atomic mass is 32.2. The van der Waals surface area contributed by atoms with Crippen molar-refractivity contribution in [2.24, 2.45) is 51.0 Å². The number of azide groups is 1. The van der Waals surface area contributed by atoms with Gasteiger partial charge in [-0.05, 0) is 145 Å². The number of nitrogens with two attached hydrogens (primary N) is 8. The van der Waals surface area contributed by atoms with E-state index in [4.69, 9.17) is 104 Å². The zero-order valence-corrected chi connectivity index (χ0v) is 50.9. The van der Waals surface area contributed by atoms with Crippen molar-refractivity contribution in [3.05, 3.63) is 10.4 Å². The third kappa shape index (κ3) is 27.1. The molecule has 0 aromatic carbocycles. The molecule has 81 heavy (non-hydrogen) atoms. The van der Waals surface area contributed by atoms with Crippen LogP contribution in [0.25, 0.3) is 10.4 Å². The van der Waals surface area contributed by atoms with Crippen LogP contribution in [0.5, 0.6) is 0 Å². The van der Waals surface area contributed by atoms with Crippen LogP contribution in [-0.2, 0) is 28.4 Å². The number of thioether (sulfide) groups is 2. The standard InChI is InChI=1S/C51H104N16O10S4/c52-30-40-38(68)28-36(58)48(74-40)76-44-34(56)26-32(54)42(70)46(44)72-20-7-2-9-22-80-24-15-64-51(79)62-13-11-19-67(17-5-1-3-14-65-66-60)18-6-4-12-61-50(78)63-16-25-81-23-10-8-21-73-47-43(71)33(55)27-35(57)45(47)77-49-37(59)29-39(69)41(31-53)75-49/h32-49,68-71H,1-31,52-59H2,(H2,61,63,78)(H2,62,64,79)/t32-,33-,34?,35?,36?,37?,38+,39+,40?,41?,42?,43-,44+,45+,46-,47?,48+,49+/m1/s1. The number of hydrogen-bond acceptors (Lipinski definition) is 24. The summed E-state index contributed by atoms with van der Waals surface area (Å²) in [7, 11) is 0. The Morgan fingerprint density at radius 3 is 1.46 bits per heavy atom. The molecule has 472 valence electrons. The van der Waals surface area contributed by atoms with Crippen LogP contribution in [0.4, 0.5) is 0 Å². The Bertz CT molecular complexity index is 1760. The van der Waals surface area contributed by atoms with Crippen LogP contribution in [0.3, 0.4) is 0 Å². The van der Waals surface area contributed by atoms with Crippen molar-refractivity contribution >= 4 is 58.2 Å². The molecule has 0 radical (unpaired) electrons. The summed E-state index contributed by atoms with van der Waals surface area (Å²) in [4.78, 5) is 5.37. The predicted molar refractivity (Wildman–Crippen MR) is 328 cm³/mol. The molecule has 26 nitrogen and oxygen atoms in total. The van der Waals surface area contributed by atoms with E-state index in [1.807, 2.05) is 23.5 Å². The topological polar surface area (TPSA) is 445 Å². The van der Waals surface area contributed by atoms with Gasteiger partial charge in [0, 0.05) is 99.6 Å². The quantitative estimate of drug-likeness (QED) is 0.0106. The number of ether oxygens (including phenoxy) is 6. The van der Waals surface area contributed by atoms with Crippen LogP contribution in [0.15, 0.2) is 5.11 Å². The summed E-state index contributed by atoms with van der Waals surface area (Å²) in [5.41, 5.74) is 57.9. The second-order valence-corrected chi connectivity index (χ2v) is 25.0. The van der Waals surface area contributed by atoms with Crippen LogP contribution in [0.2, 0.25) is 0 Å². The summed E-state index contributed by atoms with van der Waals surface area (Å²) in [6, 6.07) is -3.23. The van der Waals surface area contributed by atoms with Gasteiger partial charge in [-0.25, -0.2) is 0 Å². The first-order chi connectivity index (χ1) is 39.1. The maximum Gasteiger partial charge on any atom is 0.173 e. The van der Waals surface area contributed by atoms with Crippen LogP contribution < -0.4 is 67.1 Å². The van der Waals surface area contributed by atoms with Gasteiger partial charge in [0.25, 0.3) is 0 Å². The van der Waals surface area contributed by atoms with E-state index in [1.165, 1.54) is 0 Å². The fraction of sp³-hybridized carbons (Fsp3) is 0.961. The molecule has 0 bridgehead atoms. The molecule has 30 heteroatoms. The van der Waals surface area contributed by atoms with Crippen molar-refractivity contribution in [2.45, 2.75) is 206 Å². The summed E-state index contributed by atoms with van der Waals surface area (Å²) in [6.07, 6.45) is 2.46. The lowest BCUT2D eigenvalue weighted by Crippen LogP contribution is -2.65. The summed E-state index contributed by atoms with van der Waals surface area (Å²) in [5.74, 6) is 3.77. The van der Waals surface area contributed by atoms with E-state index in [2.05, 4.69) is 36.2 Å². The molecule has 0 spiro atoms. The Hall–Kier alpha value is -1.37. The highest BCUT2D eigenvalue weighted by Gasteiger charge is 2.48. The van der Waals surface area contributed by atoms with Gasteiger partial charge in [-0.1, -0.05) is 18.0 Å². The first kappa shape index (κ1) is 72.1. The highest BCUT2D eigenvalue weighted by Crippen LogP contribution is 2.30. The first-order valence-corrected chi connectivity index (χ1v) is 32.6. The molecule has 4 fully saturated rings. The van der Waals surface area contributed by atoms with Gasteiger partial charge in [0.15, 0.2) is 22.8 Å². The Morgan fingerprint density at radius 2 is 0.963 bits per heavy atom. The minimum Gasteiger partial charge on any atom is -0.390 e. The van der Waals surface area contributed by atoms with E-state index < -0.39 is 110 Å². The van der Waals surface area contributed by atoms with Gasteiger partial charge in [-0.15, -0.1) is 0 Å². The van der Waals surface area contributed by atoms with Gasteiger partial charge in [0.2, 0.25) is 0 Å². The summed E-state index contributed by atoms with van der Waals surface area (Å²) in [6.45, 7) is 7.59. The second-order valence-electron chi connectivity index (χ2n) is 21.7. The Balaban J connectivity index is 0.995. The molecule has 4 rings (SSSR count). The number of aliphatic hydroxyl groups excluding tert-OH is 4. The van der Waals surface area contributed by atoms with Gasteiger partial charge in [-0.3, -0.25) is 0 Å². The predicted octanol–water partition coefficient (Wildman–Crippen LogP) is -1.81. The average Bonchev–Trinajstić information content (AvgIpc) is 3.52. The van der Waals surface area contributed by atoms with Crippen LogP contribution in [0.1, 0.15) is 96.3 Å². The number of unbranched alkanes of at least 4 members (excludes halogenated alkanes) is 6. The van der Waals surface area contributed by atoms with E-state index in [0.717, 1.165) is 139 Å². The third-order valence-electron chi connectivity index (χ3n) is 15.1. The van der Waals surface area contributed by atoms with Crippen molar-refractivity contribution in [2.75, 3.05) is 102 Å². The van der Waals surface area contributed by atoms with E-state index in [0.29, 0.717) is 42.8 Å². The summed E-state index contributed by atoms with van der Waals surface area (Å²) >= 11 is 14.8. The third-order valence-corrected chi connectivity index (χ3v) is 17.8. The Kier molecular flexibility index (Phi) is 37.1. The van der Waals surface area contributed by atoms with E-state index >= 15 is 0 Å². The summed E-state index contributed by atoms with van der Waals surface area (Å²) < 4.78 is 36.4. The van der Waals surface area contributed by atoms with Crippen molar-refractivity contribution in [3.8, 4) is 0 Å². The van der Waals surface area contributed by atoms with Crippen LogP contribution in [-0.4, -0.2) is 247 Å². The lowest BCUT2D eigenvalue weighted by Gasteiger charge is -2.45. The van der Waals surface area contributed by atoms with Gasteiger partial charge in [0.1, 0.15) is 24.4 Å². The van der Waals surface area contributed by atoms with E-state index in [9.17, 15) is 20.4 Å². The molecule has 0 aromatic rings. The molecule has 24 N–H and O–H groups in total. The van der Waals surface area contributed by atoms with Gasteiger partial charge in [0.05, 0.1) is 48.7 Å². The minimum absolute atomic E-state index is 0.121. The molecular weight excluding hydrogens is 1120 g/mol. The number of nitrogens with zero attached hydrogens (tertiary/aromatic N) is 4. The molecule has 2 aliphatic heterocycles. The van der Waals surface area contributed by atoms with Crippen molar-refractivity contribution in [1.82, 2.24) is 26.2 Å². The Morgan fingerprint density at radius 1 is 0.531 bits per heavy atom. The zero-order chi connectivity index (χ0) is 58.9. The van der Waals surface area contributed by atoms with Crippen molar-refractivity contribution in [1.29, 1.82) is 0 Å². The lowest BCUT2D eigenvalue weighted by atomic mass is 9.84. The normalized spacial score (nSPS) is 32.5. The molecule has 2 saturated heterocycles. The SMILES string of the molecule is [N-]=[N+]=NCCCCCN(CCCCNC(=S)NCCSCCCCOC1[C@@H](O[C@@H]2OC(CN)[C@@H](O)CC2N)C(N)C[C@@H](N)[C@H]1O)CCCNC(=S)NCCSCCCCCO[C@@H]1C(O)[C@H](N)CC(N)[C@@H]1O[C@@H]1OC(CN)[C@@H](O)CC1N. The number of hydrogen-bond donors (Lipinski definition) is 16. The number of nitrogens with one attached hydrogen (secondary N) is 4. The Labute approximate surface area is 500 Å². The molecule has 2 aliphatic carbocycles. The molecule has 18 atom stereocenters. The highest BCUT2D eigenvalue weighted by molar-refractivity contribution is 7.99. The monoisotopic (exact) mass is 1230 g/mol. The lowest BCUT2D eigenvalue weighted by molar-refractivity contribution is -0.272. The van der Waals surface area contributed by atoms with Crippen LogP contribution >= 0.6 is 48.0 Å². The molecule has 2 saturated carbocycles. The molecule has 0 aromatic heterocycles. The van der Waals surface area contributed by atoms with Gasteiger partial charge in [-0.2, -0.15) is 23.5 Å². The van der Waals surface area contributed by atoms with Gasteiger partial charge >= 0.3 is 0 Å².